The summed E-state index contributed by atoms with van der Waals surface area (Å²) in [6.07, 6.45) is 5.56. The van der Waals surface area contributed by atoms with Crippen molar-refractivity contribution in [1.82, 2.24) is 9.97 Å². The highest BCUT2D eigenvalue weighted by atomic mass is 16.5. The predicted molar refractivity (Wildman–Crippen MR) is 75.6 cm³/mol. The number of aromatic nitrogens is 2. The Morgan fingerprint density at radius 3 is 1.86 bits per heavy atom. The molecule has 0 aliphatic heterocycles. The average Bonchev–Trinajstić information content (AvgIpc) is 2.48. The number of carboxylic acids is 1. The van der Waals surface area contributed by atoms with Crippen molar-refractivity contribution in [3.63, 3.8) is 0 Å². The molecule has 0 atom stereocenters. The van der Waals surface area contributed by atoms with Crippen LogP contribution in [0.4, 0.5) is 11.4 Å². The lowest BCUT2D eigenvalue weighted by Crippen LogP contribution is -2.05. The summed E-state index contributed by atoms with van der Waals surface area (Å²) < 4.78 is 4.46. The first-order chi connectivity index (χ1) is 9.97. The van der Waals surface area contributed by atoms with Crippen LogP contribution in [0, 0.1) is 0 Å². The molecule has 5 N–H and O–H groups in total. The van der Waals surface area contributed by atoms with Crippen LogP contribution in [-0.4, -0.2) is 34.1 Å². The molecule has 0 bridgehead atoms. The fourth-order valence-corrected chi connectivity index (χ4v) is 1.27. The molecule has 0 saturated carbocycles. The fraction of sp³-hybridized carbons (Fsp3) is 0.0769. The standard InChI is InChI=1S/C7H8N2O2.C6H6N2O2/c1-11-7(10)5-4-9-3-2-6(5)8;7-5-1-2-8-3-4(5)6(9)10/h2-4H,1H3,(H2,8,9);1-3H,(H2,7,8)(H,9,10). The Morgan fingerprint density at radius 2 is 1.52 bits per heavy atom. The summed E-state index contributed by atoms with van der Waals surface area (Å²) in [6.45, 7) is 0. The van der Waals surface area contributed by atoms with Crippen LogP contribution in [0.3, 0.4) is 0 Å². The molecule has 110 valence electrons. The number of esters is 1. The molecule has 0 fully saturated rings. The quantitative estimate of drug-likeness (QED) is 0.690. The molecule has 0 amide bonds. The van der Waals surface area contributed by atoms with E-state index in [1.807, 2.05) is 0 Å². The van der Waals surface area contributed by atoms with Gasteiger partial charge in [-0.2, -0.15) is 0 Å². The Morgan fingerprint density at radius 1 is 1.05 bits per heavy atom. The van der Waals surface area contributed by atoms with Crippen molar-refractivity contribution >= 4 is 23.3 Å². The van der Waals surface area contributed by atoms with Crippen LogP contribution >= 0.6 is 0 Å². The molecule has 0 aliphatic carbocycles. The summed E-state index contributed by atoms with van der Waals surface area (Å²) >= 11 is 0. The highest BCUT2D eigenvalue weighted by Crippen LogP contribution is 2.09. The molecule has 2 aromatic heterocycles. The Labute approximate surface area is 120 Å². The molecule has 21 heavy (non-hydrogen) atoms. The van der Waals surface area contributed by atoms with Crippen molar-refractivity contribution in [3.05, 3.63) is 48.0 Å². The summed E-state index contributed by atoms with van der Waals surface area (Å²) in [4.78, 5) is 28.5. The Bertz CT molecular complexity index is 646. The van der Waals surface area contributed by atoms with Gasteiger partial charge in [-0.05, 0) is 12.1 Å². The molecular weight excluding hydrogens is 276 g/mol. The van der Waals surface area contributed by atoms with E-state index in [0.717, 1.165) is 0 Å². The lowest BCUT2D eigenvalue weighted by atomic mass is 10.2. The van der Waals surface area contributed by atoms with Gasteiger partial charge >= 0.3 is 11.9 Å². The van der Waals surface area contributed by atoms with Crippen LogP contribution < -0.4 is 11.5 Å². The molecule has 8 heteroatoms. The largest absolute Gasteiger partial charge is 0.478 e. The minimum atomic E-state index is -1.05. The van der Waals surface area contributed by atoms with E-state index in [0.29, 0.717) is 11.3 Å². The van der Waals surface area contributed by atoms with Gasteiger partial charge in [-0.1, -0.05) is 0 Å². The van der Waals surface area contributed by atoms with Gasteiger partial charge in [0.2, 0.25) is 0 Å². The number of hydrogen-bond donors (Lipinski definition) is 3. The van der Waals surface area contributed by atoms with Gasteiger partial charge < -0.3 is 21.3 Å². The zero-order valence-corrected chi connectivity index (χ0v) is 11.2. The van der Waals surface area contributed by atoms with Crippen LogP contribution in [0.1, 0.15) is 20.7 Å². The zero-order valence-electron chi connectivity index (χ0n) is 11.2. The summed E-state index contributed by atoms with van der Waals surface area (Å²) in [5.41, 5.74) is 11.7. The summed E-state index contributed by atoms with van der Waals surface area (Å²) in [5.74, 6) is -1.51. The van der Waals surface area contributed by atoms with Gasteiger partial charge in [0.15, 0.2) is 0 Å². The molecule has 0 radical (unpaired) electrons. The number of methoxy groups -OCH3 is 1. The number of carbonyl (C=O) groups is 2. The number of pyridine rings is 2. The minimum absolute atomic E-state index is 0.0440. The van der Waals surface area contributed by atoms with E-state index < -0.39 is 11.9 Å². The maximum Gasteiger partial charge on any atom is 0.341 e. The minimum Gasteiger partial charge on any atom is -0.478 e. The van der Waals surface area contributed by atoms with Crippen molar-refractivity contribution in [2.75, 3.05) is 18.6 Å². The Kier molecular flexibility index (Phi) is 5.63. The molecule has 2 aromatic rings. The normalized spacial score (nSPS) is 9.19. The smallest absolute Gasteiger partial charge is 0.341 e. The summed E-state index contributed by atoms with van der Waals surface area (Å²) in [7, 11) is 1.30. The number of carbonyl (C=O) groups excluding carboxylic acids is 1. The Balaban J connectivity index is 0.000000211. The van der Waals surface area contributed by atoms with Gasteiger partial charge in [0.1, 0.15) is 11.1 Å². The van der Waals surface area contributed by atoms with E-state index in [9.17, 15) is 9.59 Å². The summed E-state index contributed by atoms with van der Waals surface area (Å²) in [5, 5.41) is 8.45. The first-order valence-corrected chi connectivity index (χ1v) is 5.68. The number of nitrogens with two attached hydrogens (primary N) is 2. The van der Waals surface area contributed by atoms with E-state index in [1.165, 1.54) is 38.0 Å². The van der Waals surface area contributed by atoms with E-state index in [4.69, 9.17) is 16.6 Å². The third-order valence-electron chi connectivity index (χ3n) is 2.35. The summed E-state index contributed by atoms with van der Waals surface area (Å²) in [6, 6.07) is 3.00. The fourth-order valence-electron chi connectivity index (χ4n) is 1.27. The first kappa shape index (κ1) is 15.9. The van der Waals surface area contributed by atoms with Crippen LogP contribution in [0.25, 0.3) is 0 Å². The second kappa shape index (κ2) is 7.43. The van der Waals surface area contributed by atoms with Gasteiger partial charge in [0.25, 0.3) is 0 Å². The van der Waals surface area contributed by atoms with Crippen LogP contribution in [0.2, 0.25) is 0 Å². The molecule has 0 aliphatic rings. The number of ether oxygens (including phenoxy) is 1. The van der Waals surface area contributed by atoms with Crippen LogP contribution in [-0.2, 0) is 4.74 Å². The number of rotatable bonds is 2. The van der Waals surface area contributed by atoms with Crippen LogP contribution in [0.5, 0.6) is 0 Å². The van der Waals surface area contributed by atoms with E-state index in [1.54, 1.807) is 6.07 Å². The highest BCUT2D eigenvalue weighted by molar-refractivity contribution is 5.94. The van der Waals surface area contributed by atoms with Gasteiger partial charge in [-0.25, -0.2) is 9.59 Å². The topological polar surface area (TPSA) is 141 Å². The molecule has 8 nitrogen and oxygen atoms in total. The van der Waals surface area contributed by atoms with Gasteiger partial charge in [-0.3, -0.25) is 9.97 Å². The van der Waals surface area contributed by atoms with Gasteiger partial charge in [-0.15, -0.1) is 0 Å². The number of hydrogen-bond acceptors (Lipinski definition) is 7. The number of carboxylic acid groups (broad SMARTS) is 1. The molecule has 0 spiro atoms. The first-order valence-electron chi connectivity index (χ1n) is 5.68. The lowest BCUT2D eigenvalue weighted by Gasteiger charge is -2.00. The van der Waals surface area contributed by atoms with Crippen LogP contribution in [0.15, 0.2) is 36.9 Å². The van der Waals surface area contributed by atoms with E-state index in [-0.39, 0.29) is 11.3 Å². The van der Waals surface area contributed by atoms with Crippen molar-refractivity contribution < 1.29 is 19.4 Å². The monoisotopic (exact) mass is 290 g/mol. The average molecular weight is 290 g/mol. The van der Waals surface area contributed by atoms with Gasteiger partial charge in [0, 0.05) is 36.2 Å². The molecule has 0 unspecified atom stereocenters. The molecule has 0 aromatic carbocycles. The van der Waals surface area contributed by atoms with Gasteiger partial charge in [0.05, 0.1) is 7.11 Å². The maximum absolute atomic E-state index is 10.9. The van der Waals surface area contributed by atoms with Crippen molar-refractivity contribution in [2.24, 2.45) is 0 Å². The SMILES string of the molecule is COC(=O)c1cnccc1N.Nc1ccncc1C(=O)O. The van der Waals surface area contributed by atoms with E-state index in [2.05, 4.69) is 14.7 Å². The Hall–Kier alpha value is -3.16. The third-order valence-corrected chi connectivity index (χ3v) is 2.35. The zero-order chi connectivity index (χ0) is 15.8. The maximum atomic E-state index is 10.9. The predicted octanol–water partition coefficient (Wildman–Crippen LogP) is 0.812. The number of nitrogen functional groups attached to an aromatic ring is 2. The second-order valence-corrected chi connectivity index (χ2v) is 3.72. The van der Waals surface area contributed by atoms with E-state index >= 15 is 0 Å². The number of anilines is 2. The molecule has 0 saturated heterocycles. The molecule has 2 heterocycles. The number of aromatic carboxylic acids is 1. The molecule has 2 rings (SSSR count). The lowest BCUT2D eigenvalue weighted by molar-refractivity contribution is 0.0600. The van der Waals surface area contributed by atoms with Crippen molar-refractivity contribution in [2.45, 2.75) is 0 Å². The highest BCUT2D eigenvalue weighted by Gasteiger charge is 2.08. The van der Waals surface area contributed by atoms with Crippen molar-refractivity contribution in [3.8, 4) is 0 Å². The second-order valence-electron chi connectivity index (χ2n) is 3.72. The molecular formula is C13H14N4O4. The number of nitrogens with zero attached hydrogens (tertiary/aromatic N) is 2. The van der Waals surface area contributed by atoms with Crippen molar-refractivity contribution in [1.29, 1.82) is 0 Å². The third kappa shape index (κ3) is 4.46.